The molecule has 2 aromatic carbocycles. The molecule has 0 bridgehead atoms. The van der Waals surface area contributed by atoms with E-state index in [1.165, 1.54) is 44.4 Å². The predicted molar refractivity (Wildman–Crippen MR) is 170 cm³/mol. The number of esters is 1. The fourth-order valence-electron chi connectivity index (χ4n) is 5.42. The fourth-order valence-corrected chi connectivity index (χ4v) is 5.42. The van der Waals surface area contributed by atoms with Gasteiger partial charge in [-0.2, -0.15) is 26.3 Å². The Balaban J connectivity index is 1.89. The second-order valence-corrected chi connectivity index (χ2v) is 14.3. The van der Waals surface area contributed by atoms with Crippen LogP contribution in [0, 0.1) is 16.2 Å². The highest BCUT2D eigenvalue weighted by Crippen LogP contribution is 2.44. The monoisotopic (exact) mass is 687 g/mol. The molecule has 7 nitrogen and oxygen atoms in total. The Labute approximate surface area is 275 Å². The summed E-state index contributed by atoms with van der Waals surface area (Å²) in [5.41, 5.74) is -0.882. The highest BCUT2D eigenvalue weighted by molar-refractivity contribution is 5.83. The van der Waals surface area contributed by atoms with E-state index in [0.29, 0.717) is 6.42 Å². The number of halogens is 6. The van der Waals surface area contributed by atoms with Gasteiger partial charge in [0.1, 0.15) is 23.7 Å². The number of hydrogen-bond acceptors (Lipinski definition) is 7. The summed E-state index contributed by atoms with van der Waals surface area (Å²) >= 11 is 0. The average Bonchev–Trinajstić information content (AvgIpc) is 2.96. The molecule has 0 fully saturated rings. The molecule has 0 aliphatic heterocycles. The minimum absolute atomic E-state index is 0.0242. The molecule has 2 atom stereocenters. The molecule has 3 aromatic rings. The number of fused-ring (bicyclic) bond motifs is 1. The van der Waals surface area contributed by atoms with E-state index in [4.69, 9.17) is 24.4 Å². The van der Waals surface area contributed by atoms with Crippen molar-refractivity contribution in [3.8, 4) is 22.6 Å². The van der Waals surface area contributed by atoms with Gasteiger partial charge >= 0.3 is 23.9 Å². The van der Waals surface area contributed by atoms with E-state index in [1.807, 2.05) is 20.8 Å². The summed E-state index contributed by atoms with van der Waals surface area (Å²) < 4.78 is 104. The van der Waals surface area contributed by atoms with Crippen LogP contribution in [0.1, 0.15) is 73.3 Å². The highest BCUT2D eigenvalue weighted by atomic mass is 19.4. The van der Waals surface area contributed by atoms with E-state index in [0.717, 1.165) is 18.6 Å². The Morgan fingerprint density at radius 2 is 1.46 bits per heavy atom. The predicted octanol–water partition coefficient (Wildman–Crippen LogP) is 8.94. The van der Waals surface area contributed by atoms with Gasteiger partial charge in [0, 0.05) is 28.0 Å². The number of carbonyl (C=O) groups is 1. The smallest absolute Gasteiger partial charge is 0.417 e. The molecule has 0 aliphatic rings. The van der Waals surface area contributed by atoms with E-state index >= 15 is 0 Å². The van der Waals surface area contributed by atoms with Gasteiger partial charge in [-0.3, -0.25) is 4.79 Å². The highest BCUT2D eigenvalue weighted by Gasteiger charge is 2.50. The summed E-state index contributed by atoms with van der Waals surface area (Å²) in [6.45, 7) is 11.0. The molecule has 0 spiro atoms. The van der Waals surface area contributed by atoms with Crippen LogP contribution in [0.15, 0.2) is 51.7 Å². The molecule has 0 radical (unpaired) electrons. The zero-order valence-corrected chi connectivity index (χ0v) is 28.4. The Morgan fingerprint density at radius 3 is 2.00 bits per heavy atom. The first-order chi connectivity index (χ1) is 21.8. The second kappa shape index (κ2) is 13.6. The molecule has 2 unspecified atom stereocenters. The quantitative estimate of drug-likeness (QED) is 0.109. The van der Waals surface area contributed by atoms with Gasteiger partial charge in [0.25, 0.3) is 0 Å². The van der Waals surface area contributed by atoms with Crippen molar-refractivity contribution < 1.29 is 49.8 Å². The molecule has 1 aromatic heterocycles. The van der Waals surface area contributed by atoms with E-state index in [2.05, 4.69) is 0 Å². The molecule has 1 heterocycles. The third-order valence-electron chi connectivity index (χ3n) is 8.96. The molecule has 3 rings (SSSR count). The Bertz CT molecular complexity index is 1670. The van der Waals surface area contributed by atoms with E-state index < -0.39 is 71.1 Å². The van der Waals surface area contributed by atoms with Crippen LogP contribution in [0.3, 0.4) is 0 Å². The Morgan fingerprint density at radius 1 is 0.833 bits per heavy atom. The number of benzene rings is 2. The van der Waals surface area contributed by atoms with E-state index in [-0.39, 0.29) is 33.4 Å². The summed E-state index contributed by atoms with van der Waals surface area (Å²) in [7, 11) is 1.21. The van der Waals surface area contributed by atoms with Crippen molar-refractivity contribution in [3.63, 3.8) is 0 Å². The molecule has 0 saturated carbocycles. The largest absolute Gasteiger partial charge is 0.497 e. The summed E-state index contributed by atoms with van der Waals surface area (Å²) in [5, 5.41) is 0.242. The van der Waals surface area contributed by atoms with Gasteiger partial charge in [-0.1, -0.05) is 34.1 Å². The van der Waals surface area contributed by atoms with Crippen molar-refractivity contribution in [1.82, 2.24) is 0 Å². The maximum atomic E-state index is 13.8. The average molecular weight is 688 g/mol. The number of ether oxygens (including phenoxy) is 3. The van der Waals surface area contributed by atoms with Crippen molar-refractivity contribution in [2.75, 3.05) is 20.3 Å². The third-order valence-corrected chi connectivity index (χ3v) is 8.96. The van der Waals surface area contributed by atoms with Gasteiger partial charge in [-0.15, -0.1) is 0 Å². The van der Waals surface area contributed by atoms with Crippen molar-refractivity contribution in [3.05, 3.63) is 58.4 Å². The van der Waals surface area contributed by atoms with Crippen LogP contribution in [0.25, 0.3) is 22.1 Å². The summed E-state index contributed by atoms with van der Waals surface area (Å²) in [5.74, 6) is -0.752. The van der Waals surface area contributed by atoms with Crippen LogP contribution in [-0.4, -0.2) is 38.0 Å². The number of rotatable bonds is 13. The molecule has 13 heteroatoms. The lowest BCUT2D eigenvalue weighted by atomic mass is 9.64. The number of methoxy groups -OCH3 is 1. The van der Waals surface area contributed by atoms with Crippen LogP contribution in [0.5, 0.6) is 11.5 Å². The maximum Gasteiger partial charge on any atom is 0.417 e. The van der Waals surface area contributed by atoms with Gasteiger partial charge in [0.2, 0.25) is 0 Å². The van der Waals surface area contributed by atoms with Crippen LogP contribution >= 0.6 is 0 Å². The molecule has 2 N–H and O–H groups in total. The lowest BCUT2D eigenvalue weighted by molar-refractivity contribution is -0.182. The standard InChI is InChI=1S/C35H43F6NO6/c1-9-30(2,3)17-33(7,31(4,5)42)29(44)47-20-32(6,18-34(36,37)38)19-46-23-11-10-21-14-25(28(43)48-27(21)16-23)24-13-12-22(45-8)15-26(24)35(39,40)41/h10-16H,9,17-20,42H2,1-8H3. The van der Waals surface area contributed by atoms with Gasteiger partial charge in [-0.25, -0.2) is 4.79 Å². The summed E-state index contributed by atoms with van der Waals surface area (Å²) in [6.07, 6.45) is -9.70. The minimum atomic E-state index is -4.80. The zero-order chi connectivity index (χ0) is 36.5. The molecule has 266 valence electrons. The lowest BCUT2D eigenvalue weighted by Crippen LogP contribution is -2.56. The van der Waals surface area contributed by atoms with Crippen LogP contribution in [-0.2, 0) is 15.7 Å². The van der Waals surface area contributed by atoms with Gasteiger partial charge < -0.3 is 24.4 Å². The van der Waals surface area contributed by atoms with Crippen LogP contribution in [0.2, 0.25) is 0 Å². The number of hydrogen-bond donors (Lipinski definition) is 1. The Kier molecular flexibility index (Phi) is 11.0. The first-order valence-corrected chi connectivity index (χ1v) is 15.3. The Hall–Kier alpha value is -3.74. The van der Waals surface area contributed by atoms with Crippen molar-refractivity contribution in [2.45, 2.75) is 85.6 Å². The summed E-state index contributed by atoms with van der Waals surface area (Å²) in [4.78, 5) is 26.3. The van der Waals surface area contributed by atoms with Crippen molar-refractivity contribution >= 4 is 16.9 Å². The third kappa shape index (κ3) is 9.24. The first-order valence-electron chi connectivity index (χ1n) is 15.3. The molecule has 0 aliphatic carbocycles. The SMILES string of the molecule is CCC(C)(C)CC(C)(C(=O)OCC(C)(COc1ccc2cc(-c3ccc(OC)cc3C(F)(F)F)c(=O)oc2c1)CC(F)(F)F)C(C)(C)N. The second-order valence-electron chi connectivity index (χ2n) is 14.3. The fraction of sp³-hybridized carbons (Fsp3) is 0.543. The minimum Gasteiger partial charge on any atom is -0.497 e. The van der Waals surface area contributed by atoms with E-state index in [9.17, 15) is 35.9 Å². The number of alkyl halides is 6. The summed E-state index contributed by atoms with van der Waals surface area (Å²) in [6, 6.07) is 8.42. The molecular formula is C35H43F6NO6. The van der Waals surface area contributed by atoms with Gasteiger partial charge in [-0.05, 0) is 69.0 Å². The zero-order valence-electron chi connectivity index (χ0n) is 28.4. The van der Waals surface area contributed by atoms with Crippen LogP contribution in [0.4, 0.5) is 26.3 Å². The first kappa shape index (κ1) is 38.7. The van der Waals surface area contributed by atoms with Crippen LogP contribution < -0.4 is 20.8 Å². The molecule has 0 saturated heterocycles. The molecule has 0 amide bonds. The van der Waals surface area contributed by atoms with Gasteiger partial charge in [0.05, 0.1) is 36.7 Å². The molecule has 48 heavy (non-hydrogen) atoms. The topological polar surface area (TPSA) is 101 Å². The maximum absolute atomic E-state index is 13.8. The van der Waals surface area contributed by atoms with Crippen molar-refractivity contribution in [1.29, 1.82) is 0 Å². The normalized spacial score (nSPS) is 15.5. The number of carbonyl (C=O) groups excluding carboxylic acids is 1. The number of nitrogens with two attached hydrogens (primary N) is 1. The lowest BCUT2D eigenvalue weighted by Gasteiger charge is -2.44. The van der Waals surface area contributed by atoms with Crippen molar-refractivity contribution in [2.24, 2.45) is 22.0 Å². The van der Waals surface area contributed by atoms with Gasteiger partial charge in [0.15, 0.2) is 0 Å². The molecular weight excluding hydrogens is 644 g/mol. The van der Waals surface area contributed by atoms with E-state index in [1.54, 1.807) is 20.8 Å².